The molecular weight excluding hydrogens is 317 g/mol. The van der Waals surface area contributed by atoms with Gasteiger partial charge in [-0.3, -0.25) is 4.79 Å². The predicted octanol–water partition coefficient (Wildman–Crippen LogP) is 3.18. The lowest BCUT2D eigenvalue weighted by molar-refractivity contribution is 0.0740. The lowest BCUT2D eigenvalue weighted by Crippen LogP contribution is -2.35. The normalized spacial score (nSPS) is 12.3. The number of aryl methyl sites for hydroxylation is 1. The van der Waals surface area contributed by atoms with E-state index in [1.807, 2.05) is 20.8 Å². The van der Waals surface area contributed by atoms with Crippen molar-refractivity contribution in [3.05, 3.63) is 29.1 Å². The van der Waals surface area contributed by atoms with Crippen LogP contribution in [0.25, 0.3) is 0 Å². The summed E-state index contributed by atoms with van der Waals surface area (Å²) in [6.07, 6.45) is 0. The van der Waals surface area contributed by atoms with Gasteiger partial charge in [0.2, 0.25) is 0 Å². The Morgan fingerprint density at radius 1 is 1.33 bits per heavy atom. The minimum absolute atomic E-state index is 0.0595. The Labute approximate surface area is 129 Å². The Balaban J connectivity index is 3.30. The SMILES string of the molecule is Cc1cc(S(=O)(=O)Cl)cc(C(=O)N(C)CC(C)(C)C)c1F. The molecule has 0 unspecified atom stereocenters. The van der Waals surface area contributed by atoms with Gasteiger partial charge in [0, 0.05) is 24.3 Å². The van der Waals surface area contributed by atoms with E-state index in [2.05, 4.69) is 0 Å². The van der Waals surface area contributed by atoms with Crippen molar-refractivity contribution in [1.82, 2.24) is 4.90 Å². The quantitative estimate of drug-likeness (QED) is 0.797. The van der Waals surface area contributed by atoms with Crippen molar-refractivity contribution in [2.75, 3.05) is 13.6 Å². The highest BCUT2D eigenvalue weighted by atomic mass is 35.7. The summed E-state index contributed by atoms with van der Waals surface area (Å²) in [5.74, 6) is -1.31. The van der Waals surface area contributed by atoms with E-state index >= 15 is 0 Å². The van der Waals surface area contributed by atoms with Crippen molar-refractivity contribution in [3.63, 3.8) is 0 Å². The summed E-state index contributed by atoms with van der Waals surface area (Å²) in [4.78, 5) is 13.4. The fourth-order valence-corrected chi connectivity index (χ4v) is 2.87. The molecule has 0 fully saturated rings. The molecule has 21 heavy (non-hydrogen) atoms. The van der Waals surface area contributed by atoms with Crippen molar-refractivity contribution in [2.45, 2.75) is 32.6 Å². The van der Waals surface area contributed by atoms with Crippen molar-refractivity contribution in [3.8, 4) is 0 Å². The van der Waals surface area contributed by atoms with Gasteiger partial charge in [0.05, 0.1) is 10.5 Å². The zero-order valence-corrected chi connectivity index (χ0v) is 14.3. The molecule has 0 saturated carbocycles. The van der Waals surface area contributed by atoms with Crippen LogP contribution in [-0.2, 0) is 9.05 Å². The molecule has 1 aromatic rings. The fourth-order valence-electron chi connectivity index (χ4n) is 2.02. The van der Waals surface area contributed by atoms with E-state index in [-0.39, 0.29) is 21.4 Å². The molecule has 0 aliphatic rings. The van der Waals surface area contributed by atoms with E-state index in [0.717, 1.165) is 12.1 Å². The average Bonchev–Trinajstić information content (AvgIpc) is 2.27. The van der Waals surface area contributed by atoms with Crippen LogP contribution in [0, 0.1) is 18.2 Å². The maximum atomic E-state index is 14.1. The first-order valence-corrected chi connectivity index (χ1v) is 8.64. The van der Waals surface area contributed by atoms with Crippen LogP contribution < -0.4 is 0 Å². The summed E-state index contributed by atoms with van der Waals surface area (Å²) >= 11 is 0. The molecule has 0 radical (unpaired) electrons. The van der Waals surface area contributed by atoms with Crippen molar-refractivity contribution in [2.24, 2.45) is 5.41 Å². The number of amides is 1. The van der Waals surface area contributed by atoms with Gasteiger partial charge >= 0.3 is 0 Å². The second-order valence-corrected chi connectivity index (χ2v) is 8.83. The molecule has 0 heterocycles. The van der Waals surface area contributed by atoms with Crippen LogP contribution in [-0.4, -0.2) is 32.8 Å². The second kappa shape index (κ2) is 5.93. The number of carbonyl (C=O) groups excluding carboxylic acids is 1. The van der Waals surface area contributed by atoms with Crippen LogP contribution in [0.2, 0.25) is 0 Å². The van der Waals surface area contributed by atoms with Crippen LogP contribution >= 0.6 is 10.7 Å². The third-order valence-corrected chi connectivity index (χ3v) is 4.13. The van der Waals surface area contributed by atoms with Gasteiger partial charge in [-0.25, -0.2) is 12.8 Å². The van der Waals surface area contributed by atoms with E-state index in [1.165, 1.54) is 11.8 Å². The monoisotopic (exact) mass is 335 g/mol. The topological polar surface area (TPSA) is 54.5 Å². The molecule has 0 aliphatic carbocycles. The Morgan fingerprint density at radius 3 is 2.29 bits per heavy atom. The number of nitrogens with zero attached hydrogens (tertiary/aromatic N) is 1. The Kier molecular flexibility index (Phi) is 5.05. The molecule has 1 amide bonds. The zero-order valence-electron chi connectivity index (χ0n) is 12.7. The molecule has 0 N–H and O–H groups in total. The Morgan fingerprint density at radius 2 is 1.86 bits per heavy atom. The number of hydrogen-bond donors (Lipinski definition) is 0. The summed E-state index contributed by atoms with van der Waals surface area (Å²) in [7, 11) is 2.79. The fraction of sp³-hybridized carbons (Fsp3) is 0.500. The van der Waals surface area contributed by atoms with Gasteiger partial charge < -0.3 is 4.90 Å². The van der Waals surface area contributed by atoms with Gasteiger partial charge in [-0.15, -0.1) is 0 Å². The smallest absolute Gasteiger partial charge is 0.261 e. The third kappa shape index (κ3) is 4.68. The number of benzene rings is 1. The molecule has 1 aromatic carbocycles. The first-order chi connectivity index (χ1) is 9.33. The summed E-state index contributed by atoms with van der Waals surface area (Å²) < 4.78 is 36.9. The minimum Gasteiger partial charge on any atom is -0.341 e. The van der Waals surface area contributed by atoms with Gasteiger partial charge in [-0.05, 0) is 30.0 Å². The number of carbonyl (C=O) groups is 1. The Hall–Kier alpha value is -1.14. The first kappa shape index (κ1) is 17.9. The van der Waals surface area contributed by atoms with Crippen LogP contribution in [0.4, 0.5) is 4.39 Å². The lowest BCUT2D eigenvalue weighted by Gasteiger charge is -2.27. The average molecular weight is 336 g/mol. The molecule has 4 nitrogen and oxygen atoms in total. The molecule has 0 saturated heterocycles. The van der Waals surface area contributed by atoms with Gasteiger partial charge in [0.1, 0.15) is 5.82 Å². The highest BCUT2D eigenvalue weighted by Crippen LogP contribution is 2.24. The molecule has 0 spiro atoms. The third-order valence-electron chi connectivity index (χ3n) is 2.80. The molecule has 0 aromatic heterocycles. The highest BCUT2D eigenvalue weighted by molar-refractivity contribution is 8.13. The predicted molar refractivity (Wildman–Crippen MR) is 80.6 cm³/mol. The van der Waals surface area contributed by atoms with Crippen molar-refractivity contribution >= 4 is 25.6 Å². The van der Waals surface area contributed by atoms with E-state index in [4.69, 9.17) is 10.7 Å². The molecular formula is C14H19ClFNO3S. The maximum Gasteiger partial charge on any atom is 0.261 e. The van der Waals surface area contributed by atoms with E-state index in [9.17, 15) is 17.6 Å². The standard InChI is InChI=1S/C14H19ClFNO3S/c1-9-6-10(21(15,19)20)7-11(12(9)16)13(18)17(5)8-14(2,3)4/h6-7H,8H2,1-5H3. The lowest BCUT2D eigenvalue weighted by atomic mass is 9.96. The number of halogens is 2. The second-order valence-electron chi connectivity index (χ2n) is 6.26. The molecule has 118 valence electrons. The summed E-state index contributed by atoms with van der Waals surface area (Å²) in [6, 6.07) is 2.09. The van der Waals surface area contributed by atoms with Gasteiger partial charge in [-0.2, -0.15) is 0 Å². The summed E-state index contributed by atoms with van der Waals surface area (Å²) in [6.45, 7) is 7.62. The van der Waals surface area contributed by atoms with Crippen molar-refractivity contribution < 1.29 is 17.6 Å². The molecule has 0 atom stereocenters. The molecule has 1 rings (SSSR count). The molecule has 7 heteroatoms. The zero-order chi connectivity index (χ0) is 16.6. The van der Waals surface area contributed by atoms with Crippen LogP contribution in [0.5, 0.6) is 0 Å². The maximum absolute atomic E-state index is 14.1. The molecule has 0 bridgehead atoms. The van der Waals surface area contributed by atoms with E-state index < -0.39 is 20.8 Å². The summed E-state index contributed by atoms with van der Waals surface area (Å²) in [5.41, 5.74) is -0.392. The van der Waals surface area contributed by atoms with E-state index in [0.29, 0.717) is 6.54 Å². The highest BCUT2D eigenvalue weighted by Gasteiger charge is 2.24. The Bertz CT molecular complexity index is 666. The number of hydrogen-bond acceptors (Lipinski definition) is 3. The van der Waals surface area contributed by atoms with Crippen LogP contribution in [0.1, 0.15) is 36.7 Å². The largest absolute Gasteiger partial charge is 0.341 e. The van der Waals surface area contributed by atoms with Crippen molar-refractivity contribution in [1.29, 1.82) is 0 Å². The van der Waals surface area contributed by atoms with Gasteiger partial charge in [0.15, 0.2) is 0 Å². The van der Waals surface area contributed by atoms with Gasteiger partial charge in [-0.1, -0.05) is 20.8 Å². The minimum atomic E-state index is -4.02. The van der Waals surface area contributed by atoms with Gasteiger partial charge in [0.25, 0.3) is 15.0 Å². The van der Waals surface area contributed by atoms with Crippen LogP contribution in [0.15, 0.2) is 17.0 Å². The summed E-state index contributed by atoms with van der Waals surface area (Å²) in [5, 5.41) is 0. The molecule has 0 aliphatic heterocycles. The number of rotatable bonds is 3. The van der Waals surface area contributed by atoms with Crippen LogP contribution in [0.3, 0.4) is 0 Å². The first-order valence-electron chi connectivity index (χ1n) is 6.33. The van der Waals surface area contributed by atoms with E-state index in [1.54, 1.807) is 7.05 Å².